The molecule has 0 aromatic carbocycles. The Morgan fingerprint density at radius 1 is 1.21 bits per heavy atom. The van der Waals surface area contributed by atoms with Crippen molar-refractivity contribution in [3.8, 4) is 0 Å². The minimum absolute atomic E-state index is 0.266. The van der Waals surface area contributed by atoms with Crippen molar-refractivity contribution in [3.05, 3.63) is 35.9 Å². The van der Waals surface area contributed by atoms with E-state index in [1.54, 1.807) is 0 Å². The molecule has 3 heterocycles. The fraction of sp³-hybridized carbons (Fsp3) is 0.667. The van der Waals surface area contributed by atoms with Crippen molar-refractivity contribution < 1.29 is 4.74 Å². The summed E-state index contributed by atoms with van der Waals surface area (Å²) < 4.78 is 9.95. The van der Waals surface area contributed by atoms with Crippen molar-refractivity contribution in [2.75, 3.05) is 20.2 Å². The summed E-state index contributed by atoms with van der Waals surface area (Å²) in [4.78, 5) is 2.58. The van der Waals surface area contributed by atoms with Gasteiger partial charge in [0.05, 0.1) is 24.0 Å². The van der Waals surface area contributed by atoms with Gasteiger partial charge in [0.2, 0.25) is 0 Å². The minimum Gasteiger partial charge on any atom is -0.379 e. The molecule has 2 aliphatic rings. The van der Waals surface area contributed by atoms with E-state index in [9.17, 15) is 0 Å². The number of hydrogen-bond donors (Lipinski definition) is 0. The highest BCUT2D eigenvalue weighted by atomic mass is 16.5. The summed E-state index contributed by atoms with van der Waals surface area (Å²) in [6.07, 6.45) is 8.54. The van der Waals surface area contributed by atoms with Crippen LogP contribution in [0.15, 0.2) is 24.7 Å². The molecule has 4 atom stereocenters. The molecule has 0 spiro atoms. The molecular weight excluding hydrogens is 302 g/mol. The van der Waals surface area contributed by atoms with E-state index in [4.69, 9.17) is 4.74 Å². The molecule has 1 saturated carbocycles. The van der Waals surface area contributed by atoms with Crippen molar-refractivity contribution in [2.45, 2.75) is 38.5 Å². The fourth-order valence-corrected chi connectivity index (χ4v) is 4.55. The van der Waals surface area contributed by atoms with Gasteiger partial charge >= 0.3 is 0 Å². The zero-order valence-corrected chi connectivity index (χ0v) is 14.8. The number of nitrogens with zero attached hydrogens (tertiary/aromatic N) is 5. The number of rotatable bonds is 4. The number of hydrogen-bond acceptors (Lipinski definition) is 4. The third kappa shape index (κ3) is 2.89. The van der Waals surface area contributed by atoms with Crippen LogP contribution in [0.5, 0.6) is 0 Å². The van der Waals surface area contributed by atoms with Crippen molar-refractivity contribution in [1.82, 2.24) is 24.5 Å². The van der Waals surface area contributed by atoms with Gasteiger partial charge in [0, 0.05) is 46.2 Å². The van der Waals surface area contributed by atoms with E-state index < -0.39 is 0 Å². The standard InChI is InChI=1S/C18H27N5O/c1-13-8-20-23(9-13)17-6-14-10-22(11-15(14)7-18(17)24-3)12-16-4-5-19-21(16)2/h4-5,8-9,14-15,17-18H,6-7,10-12H2,1-3H3/t14-,15+,17-,18-/m0/s1. The van der Waals surface area contributed by atoms with Gasteiger partial charge in [0.15, 0.2) is 0 Å². The van der Waals surface area contributed by atoms with Crippen LogP contribution in [0.2, 0.25) is 0 Å². The highest BCUT2D eigenvalue weighted by molar-refractivity contribution is 5.05. The van der Waals surface area contributed by atoms with Gasteiger partial charge in [0.1, 0.15) is 0 Å². The quantitative estimate of drug-likeness (QED) is 0.861. The van der Waals surface area contributed by atoms with Crippen LogP contribution in [0.3, 0.4) is 0 Å². The van der Waals surface area contributed by atoms with Crippen LogP contribution >= 0.6 is 0 Å². The summed E-state index contributed by atoms with van der Waals surface area (Å²) in [6, 6.07) is 2.48. The Morgan fingerprint density at radius 2 is 2.00 bits per heavy atom. The Hall–Kier alpha value is -1.66. The maximum absolute atomic E-state index is 5.84. The molecule has 2 aromatic rings. The van der Waals surface area contributed by atoms with E-state index in [2.05, 4.69) is 39.0 Å². The van der Waals surface area contributed by atoms with Crippen LogP contribution in [0.1, 0.15) is 30.1 Å². The topological polar surface area (TPSA) is 48.1 Å². The third-order valence-electron chi connectivity index (χ3n) is 5.84. The largest absolute Gasteiger partial charge is 0.379 e. The van der Waals surface area contributed by atoms with Gasteiger partial charge in [-0.2, -0.15) is 10.2 Å². The Labute approximate surface area is 143 Å². The maximum atomic E-state index is 5.84. The third-order valence-corrected chi connectivity index (χ3v) is 5.84. The first kappa shape index (κ1) is 15.8. The number of aromatic nitrogens is 4. The number of ether oxygens (including phenoxy) is 1. The van der Waals surface area contributed by atoms with E-state index in [1.165, 1.54) is 24.3 Å². The van der Waals surface area contributed by atoms with E-state index in [0.29, 0.717) is 6.04 Å². The molecule has 0 radical (unpaired) electrons. The van der Waals surface area contributed by atoms with Crippen LogP contribution in [0.25, 0.3) is 0 Å². The molecule has 1 aliphatic carbocycles. The Bertz CT molecular complexity index is 693. The highest BCUT2D eigenvalue weighted by Crippen LogP contribution is 2.42. The van der Waals surface area contributed by atoms with Crippen molar-refractivity contribution in [2.24, 2.45) is 18.9 Å². The molecule has 2 fully saturated rings. The average Bonchev–Trinajstić information content (AvgIpc) is 3.27. The molecule has 6 nitrogen and oxygen atoms in total. The van der Waals surface area contributed by atoms with E-state index in [1.807, 2.05) is 31.2 Å². The van der Waals surface area contributed by atoms with Gasteiger partial charge in [-0.3, -0.25) is 14.3 Å². The zero-order valence-electron chi connectivity index (χ0n) is 14.8. The summed E-state index contributed by atoms with van der Waals surface area (Å²) in [5.41, 5.74) is 2.51. The average molecular weight is 329 g/mol. The van der Waals surface area contributed by atoms with Gasteiger partial charge in [-0.25, -0.2) is 0 Å². The molecule has 0 bridgehead atoms. The second-order valence-corrected chi connectivity index (χ2v) is 7.47. The van der Waals surface area contributed by atoms with Gasteiger partial charge in [-0.15, -0.1) is 0 Å². The lowest BCUT2D eigenvalue weighted by Crippen LogP contribution is -2.37. The summed E-state index contributed by atoms with van der Waals surface area (Å²) >= 11 is 0. The summed E-state index contributed by atoms with van der Waals surface area (Å²) in [5.74, 6) is 1.47. The van der Waals surface area contributed by atoms with E-state index in [-0.39, 0.29) is 6.10 Å². The first-order valence-corrected chi connectivity index (χ1v) is 8.87. The molecule has 0 amide bonds. The predicted octanol–water partition coefficient (Wildman–Crippen LogP) is 2.02. The van der Waals surface area contributed by atoms with Crippen molar-refractivity contribution >= 4 is 0 Å². The van der Waals surface area contributed by atoms with Gasteiger partial charge in [-0.05, 0) is 43.2 Å². The Balaban J connectivity index is 1.46. The Kier molecular flexibility index (Phi) is 4.18. The van der Waals surface area contributed by atoms with Gasteiger partial charge in [0.25, 0.3) is 0 Å². The van der Waals surface area contributed by atoms with Gasteiger partial charge < -0.3 is 4.74 Å². The van der Waals surface area contributed by atoms with Crippen LogP contribution in [-0.2, 0) is 18.3 Å². The maximum Gasteiger partial charge on any atom is 0.0798 e. The fourth-order valence-electron chi connectivity index (χ4n) is 4.55. The lowest BCUT2D eigenvalue weighted by atomic mass is 9.77. The minimum atomic E-state index is 0.266. The van der Waals surface area contributed by atoms with Crippen molar-refractivity contribution in [1.29, 1.82) is 0 Å². The van der Waals surface area contributed by atoms with E-state index >= 15 is 0 Å². The first-order chi connectivity index (χ1) is 11.6. The van der Waals surface area contributed by atoms with Crippen molar-refractivity contribution in [3.63, 3.8) is 0 Å². The number of likely N-dealkylation sites (tertiary alicyclic amines) is 1. The highest BCUT2D eigenvalue weighted by Gasteiger charge is 2.43. The summed E-state index contributed by atoms with van der Waals surface area (Å²) in [6.45, 7) is 5.43. The summed E-state index contributed by atoms with van der Waals surface area (Å²) in [7, 11) is 3.87. The zero-order chi connectivity index (χ0) is 16.7. The smallest absolute Gasteiger partial charge is 0.0798 e. The molecule has 0 N–H and O–H groups in total. The molecule has 0 unspecified atom stereocenters. The monoisotopic (exact) mass is 329 g/mol. The molecular formula is C18H27N5O. The van der Waals surface area contributed by atoms with Crippen LogP contribution in [0, 0.1) is 18.8 Å². The lowest BCUT2D eigenvalue weighted by Gasteiger charge is -2.37. The Morgan fingerprint density at radius 3 is 2.62 bits per heavy atom. The molecule has 1 aliphatic heterocycles. The predicted molar refractivity (Wildman–Crippen MR) is 91.5 cm³/mol. The second kappa shape index (κ2) is 6.33. The normalized spacial score (nSPS) is 30.6. The molecule has 1 saturated heterocycles. The van der Waals surface area contributed by atoms with Crippen LogP contribution in [-0.4, -0.2) is 50.8 Å². The lowest BCUT2D eigenvalue weighted by molar-refractivity contribution is -0.00488. The summed E-state index contributed by atoms with van der Waals surface area (Å²) in [5, 5.41) is 8.84. The molecule has 130 valence electrons. The molecule has 4 rings (SSSR count). The second-order valence-electron chi connectivity index (χ2n) is 7.47. The SMILES string of the molecule is CO[C@H]1C[C@@H]2CN(Cc3ccnn3C)C[C@@H]2C[C@@H]1n1cc(C)cn1. The number of methoxy groups -OCH3 is 1. The molecule has 2 aromatic heterocycles. The van der Waals surface area contributed by atoms with E-state index in [0.717, 1.165) is 31.2 Å². The number of fused-ring (bicyclic) bond motifs is 1. The van der Waals surface area contributed by atoms with Crippen LogP contribution < -0.4 is 0 Å². The molecule has 6 heteroatoms. The van der Waals surface area contributed by atoms with Crippen LogP contribution in [0.4, 0.5) is 0 Å². The van der Waals surface area contributed by atoms with Gasteiger partial charge in [-0.1, -0.05) is 0 Å². The first-order valence-electron chi connectivity index (χ1n) is 8.87. The number of aryl methyl sites for hydroxylation is 2. The molecule has 24 heavy (non-hydrogen) atoms.